The van der Waals surface area contributed by atoms with Crippen LogP contribution in [0.25, 0.3) is 11.0 Å². The summed E-state index contributed by atoms with van der Waals surface area (Å²) in [4.78, 5) is 8.61. The van der Waals surface area contributed by atoms with Gasteiger partial charge in [0.15, 0.2) is 5.65 Å². The van der Waals surface area contributed by atoms with Crippen molar-refractivity contribution in [3.63, 3.8) is 0 Å². The molecule has 0 atom stereocenters. The van der Waals surface area contributed by atoms with E-state index in [1.807, 2.05) is 26.0 Å². The van der Waals surface area contributed by atoms with Crippen molar-refractivity contribution in [2.75, 3.05) is 12.4 Å². The van der Waals surface area contributed by atoms with E-state index >= 15 is 0 Å². The van der Waals surface area contributed by atoms with Gasteiger partial charge in [-0.25, -0.2) is 0 Å². The first kappa shape index (κ1) is 12.4. The van der Waals surface area contributed by atoms with Crippen LogP contribution in [0.2, 0.25) is 0 Å². The molecule has 102 valence electrons. The van der Waals surface area contributed by atoms with E-state index in [1.54, 1.807) is 13.2 Å². The molecule has 2 heterocycles. The molecule has 0 bridgehead atoms. The minimum absolute atomic E-state index is 0.484. The molecule has 0 aliphatic carbocycles. The van der Waals surface area contributed by atoms with Crippen molar-refractivity contribution in [2.45, 2.75) is 13.8 Å². The van der Waals surface area contributed by atoms with Crippen LogP contribution in [0.1, 0.15) is 11.1 Å². The molecule has 0 saturated heterocycles. The number of nitrogens with one attached hydrogen (secondary N) is 2. The fourth-order valence-electron chi connectivity index (χ4n) is 2.10. The molecule has 3 rings (SSSR count). The van der Waals surface area contributed by atoms with Crippen LogP contribution in [-0.4, -0.2) is 27.2 Å². The maximum Gasteiger partial charge on any atom is 0.235 e. The van der Waals surface area contributed by atoms with E-state index in [-0.39, 0.29) is 0 Å². The molecule has 0 amide bonds. The summed E-state index contributed by atoms with van der Waals surface area (Å²) in [6, 6.07) is 6.04. The molecule has 0 fully saturated rings. The zero-order valence-corrected chi connectivity index (χ0v) is 11.6. The van der Waals surface area contributed by atoms with Crippen LogP contribution in [0.15, 0.2) is 24.4 Å². The van der Waals surface area contributed by atoms with Gasteiger partial charge in [0.25, 0.3) is 0 Å². The highest BCUT2D eigenvalue weighted by Gasteiger charge is 2.11. The molecular weight excluding hydrogens is 254 g/mol. The summed E-state index contributed by atoms with van der Waals surface area (Å²) < 4.78 is 5.90. The Morgan fingerprint density at radius 2 is 1.85 bits per heavy atom. The number of aromatic amines is 1. The van der Waals surface area contributed by atoms with Crippen LogP contribution in [0.4, 0.5) is 5.95 Å². The van der Waals surface area contributed by atoms with Gasteiger partial charge in [-0.05, 0) is 37.1 Å². The molecule has 6 nitrogen and oxygen atoms in total. The van der Waals surface area contributed by atoms with Crippen LogP contribution in [0.5, 0.6) is 11.6 Å². The van der Waals surface area contributed by atoms with Gasteiger partial charge in [0.2, 0.25) is 11.8 Å². The Morgan fingerprint density at radius 1 is 1.10 bits per heavy atom. The summed E-state index contributed by atoms with van der Waals surface area (Å²) in [6.07, 6.45) is 1.66. The number of ether oxygens (including phenoxy) is 1. The summed E-state index contributed by atoms with van der Waals surface area (Å²) in [6.45, 7) is 4.07. The second kappa shape index (κ2) is 4.80. The zero-order chi connectivity index (χ0) is 14.1. The Labute approximate surface area is 116 Å². The summed E-state index contributed by atoms with van der Waals surface area (Å²) in [5.41, 5.74) is 2.93. The molecule has 20 heavy (non-hydrogen) atoms. The predicted molar refractivity (Wildman–Crippen MR) is 77.2 cm³/mol. The van der Waals surface area contributed by atoms with Crippen molar-refractivity contribution in [3.8, 4) is 11.6 Å². The highest BCUT2D eigenvalue weighted by atomic mass is 16.5. The number of anilines is 1. The van der Waals surface area contributed by atoms with Crippen molar-refractivity contribution in [1.82, 2.24) is 20.2 Å². The second-order valence-corrected chi connectivity index (χ2v) is 4.66. The molecule has 0 aliphatic heterocycles. The standard InChI is InChI=1S/C14H15N5O/c1-8-4-9(2)6-10(5-8)20-13-11-7-16-19-12(11)17-14(15-3)18-13/h4-7H,1-3H3,(H2,15,16,17,18,19). The number of benzene rings is 1. The molecule has 3 aromatic rings. The molecule has 2 N–H and O–H groups in total. The summed E-state index contributed by atoms with van der Waals surface area (Å²) in [7, 11) is 1.76. The third kappa shape index (κ3) is 2.27. The molecule has 6 heteroatoms. The topological polar surface area (TPSA) is 75.7 Å². The lowest BCUT2D eigenvalue weighted by Gasteiger charge is -2.08. The smallest absolute Gasteiger partial charge is 0.235 e. The van der Waals surface area contributed by atoms with Crippen LogP contribution < -0.4 is 10.1 Å². The molecule has 0 unspecified atom stereocenters. The van der Waals surface area contributed by atoms with Crippen molar-refractivity contribution in [1.29, 1.82) is 0 Å². The number of aromatic nitrogens is 4. The second-order valence-electron chi connectivity index (χ2n) is 4.66. The number of hydrogen-bond donors (Lipinski definition) is 2. The number of aryl methyl sites for hydroxylation is 2. The van der Waals surface area contributed by atoms with Gasteiger partial charge in [-0.15, -0.1) is 0 Å². The molecule has 0 radical (unpaired) electrons. The molecule has 2 aromatic heterocycles. The van der Waals surface area contributed by atoms with Gasteiger partial charge in [0, 0.05) is 7.05 Å². The number of rotatable bonds is 3. The fraction of sp³-hybridized carbons (Fsp3) is 0.214. The lowest BCUT2D eigenvalue weighted by molar-refractivity contribution is 0.468. The Kier molecular flexibility index (Phi) is 2.98. The first-order valence-corrected chi connectivity index (χ1v) is 6.31. The highest BCUT2D eigenvalue weighted by Crippen LogP contribution is 2.28. The molecule has 0 saturated carbocycles. The molecule has 0 aliphatic rings. The Bertz CT molecular complexity index is 745. The number of nitrogens with zero attached hydrogens (tertiary/aromatic N) is 3. The summed E-state index contributed by atoms with van der Waals surface area (Å²) >= 11 is 0. The van der Waals surface area contributed by atoms with E-state index < -0.39 is 0 Å². The molecule has 0 spiro atoms. The SMILES string of the molecule is CNc1nc(Oc2cc(C)cc(C)c2)c2cn[nH]c2n1. The minimum Gasteiger partial charge on any atom is -0.438 e. The van der Waals surface area contributed by atoms with Crippen molar-refractivity contribution < 1.29 is 4.74 Å². The first-order chi connectivity index (χ1) is 9.65. The lowest BCUT2D eigenvalue weighted by Crippen LogP contribution is -1.99. The average Bonchev–Trinajstić information content (AvgIpc) is 2.85. The van der Waals surface area contributed by atoms with E-state index in [4.69, 9.17) is 4.74 Å². The van der Waals surface area contributed by atoms with Crippen molar-refractivity contribution in [3.05, 3.63) is 35.5 Å². The quantitative estimate of drug-likeness (QED) is 0.764. The van der Waals surface area contributed by atoms with Crippen LogP contribution in [0.3, 0.4) is 0 Å². The zero-order valence-electron chi connectivity index (χ0n) is 11.6. The van der Waals surface area contributed by atoms with Gasteiger partial charge in [-0.1, -0.05) is 6.07 Å². The first-order valence-electron chi connectivity index (χ1n) is 6.31. The van der Waals surface area contributed by atoms with Gasteiger partial charge in [0.05, 0.1) is 6.20 Å². The largest absolute Gasteiger partial charge is 0.438 e. The van der Waals surface area contributed by atoms with E-state index in [0.29, 0.717) is 17.5 Å². The van der Waals surface area contributed by atoms with Crippen LogP contribution in [-0.2, 0) is 0 Å². The van der Waals surface area contributed by atoms with E-state index in [2.05, 4.69) is 31.5 Å². The molecular formula is C14H15N5O. The van der Waals surface area contributed by atoms with E-state index in [1.165, 1.54) is 0 Å². The highest BCUT2D eigenvalue weighted by molar-refractivity contribution is 5.80. The number of H-pyrrole nitrogens is 1. The van der Waals surface area contributed by atoms with Crippen molar-refractivity contribution in [2.24, 2.45) is 0 Å². The summed E-state index contributed by atoms with van der Waals surface area (Å²) in [5.74, 6) is 1.73. The molecule has 1 aromatic carbocycles. The number of hydrogen-bond acceptors (Lipinski definition) is 5. The average molecular weight is 269 g/mol. The Balaban J connectivity index is 2.07. The maximum absolute atomic E-state index is 5.90. The van der Waals surface area contributed by atoms with Gasteiger partial charge in [-0.3, -0.25) is 5.10 Å². The van der Waals surface area contributed by atoms with Gasteiger partial charge in [-0.2, -0.15) is 15.1 Å². The monoisotopic (exact) mass is 269 g/mol. The minimum atomic E-state index is 0.484. The van der Waals surface area contributed by atoms with Crippen LogP contribution >= 0.6 is 0 Å². The van der Waals surface area contributed by atoms with E-state index in [9.17, 15) is 0 Å². The van der Waals surface area contributed by atoms with Crippen LogP contribution in [0, 0.1) is 13.8 Å². The lowest BCUT2D eigenvalue weighted by atomic mass is 10.1. The Morgan fingerprint density at radius 3 is 2.55 bits per heavy atom. The van der Waals surface area contributed by atoms with Gasteiger partial charge in [0.1, 0.15) is 11.1 Å². The van der Waals surface area contributed by atoms with Gasteiger partial charge >= 0.3 is 0 Å². The van der Waals surface area contributed by atoms with Gasteiger partial charge < -0.3 is 10.1 Å². The predicted octanol–water partition coefficient (Wildman–Crippen LogP) is 2.80. The van der Waals surface area contributed by atoms with E-state index in [0.717, 1.165) is 22.3 Å². The third-order valence-corrected chi connectivity index (χ3v) is 2.91. The van der Waals surface area contributed by atoms with Crippen molar-refractivity contribution >= 4 is 17.0 Å². The normalized spacial score (nSPS) is 10.8. The third-order valence-electron chi connectivity index (χ3n) is 2.91. The fourth-order valence-corrected chi connectivity index (χ4v) is 2.10. The number of fused-ring (bicyclic) bond motifs is 1. The summed E-state index contributed by atoms with van der Waals surface area (Å²) in [5, 5.41) is 10.5. The Hall–Kier alpha value is -2.63. The maximum atomic E-state index is 5.90.